The lowest BCUT2D eigenvalue weighted by Crippen LogP contribution is -1.89. The SMILES string of the molecule is Cn1cnc(-c2cc(F)c3n[nH]c(/C=C/c4ccc(F)cc4)c3c2)n1. The minimum atomic E-state index is -0.447. The summed E-state index contributed by atoms with van der Waals surface area (Å²) in [7, 11) is 1.75. The minimum absolute atomic E-state index is 0.249. The van der Waals surface area contributed by atoms with Crippen molar-refractivity contribution < 1.29 is 8.78 Å². The summed E-state index contributed by atoms with van der Waals surface area (Å²) in [5, 5.41) is 11.7. The Labute approximate surface area is 141 Å². The molecule has 7 heteroatoms. The number of nitrogens with one attached hydrogen (secondary N) is 1. The van der Waals surface area contributed by atoms with Crippen LogP contribution >= 0.6 is 0 Å². The first-order valence-corrected chi connectivity index (χ1v) is 7.57. The third kappa shape index (κ3) is 2.91. The number of hydrogen-bond acceptors (Lipinski definition) is 3. The van der Waals surface area contributed by atoms with Crippen molar-refractivity contribution in [2.24, 2.45) is 7.05 Å². The van der Waals surface area contributed by atoms with Crippen LogP contribution in [0.5, 0.6) is 0 Å². The number of H-pyrrole nitrogens is 1. The van der Waals surface area contributed by atoms with Crippen LogP contribution in [0, 0.1) is 11.6 Å². The van der Waals surface area contributed by atoms with Crippen molar-refractivity contribution in [1.82, 2.24) is 25.0 Å². The number of benzene rings is 2. The molecule has 0 spiro atoms. The van der Waals surface area contributed by atoms with E-state index in [-0.39, 0.29) is 11.3 Å². The van der Waals surface area contributed by atoms with Crippen molar-refractivity contribution >= 4 is 23.1 Å². The standard InChI is InChI=1S/C18H13F2N5/c1-25-10-21-18(24-25)12-8-14-16(22-23-17(14)15(20)9-12)7-4-11-2-5-13(19)6-3-11/h2-10H,1H3,(H,22,23)/b7-4+. The summed E-state index contributed by atoms with van der Waals surface area (Å²) >= 11 is 0. The molecule has 0 aliphatic carbocycles. The van der Waals surface area contributed by atoms with Crippen molar-refractivity contribution in [2.45, 2.75) is 0 Å². The van der Waals surface area contributed by atoms with Gasteiger partial charge in [-0.15, -0.1) is 0 Å². The van der Waals surface area contributed by atoms with Gasteiger partial charge in [0.1, 0.15) is 17.7 Å². The highest BCUT2D eigenvalue weighted by molar-refractivity contribution is 5.92. The van der Waals surface area contributed by atoms with Crippen LogP contribution in [0.1, 0.15) is 11.3 Å². The number of hydrogen-bond donors (Lipinski definition) is 1. The Morgan fingerprint density at radius 3 is 2.60 bits per heavy atom. The zero-order valence-electron chi connectivity index (χ0n) is 13.2. The lowest BCUT2D eigenvalue weighted by atomic mass is 10.1. The summed E-state index contributed by atoms with van der Waals surface area (Å²) < 4.78 is 28.9. The molecule has 2 heterocycles. The maximum Gasteiger partial charge on any atom is 0.181 e. The van der Waals surface area contributed by atoms with Gasteiger partial charge in [-0.25, -0.2) is 13.8 Å². The van der Waals surface area contributed by atoms with E-state index in [0.717, 1.165) is 5.56 Å². The smallest absolute Gasteiger partial charge is 0.181 e. The fourth-order valence-corrected chi connectivity index (χ4v) is 2.58. The van der Waals surface area contributed by atoms with Gasteiger partial charge in [0.25, 0.3) is 0 Å². The van der Waals surface area contributed by atoms with Gasteiger partial charge in [-0.3, -0.25) is 9.78 Å². The number of nitrogens with zero attached hydrogens (tertiary/aromatic N) is 4. The predicted octanol–water partition coefficient (Wildman–Crippen LogP) is 3.81. The molecule has 124 valence electrons. The normalized spacial score (nSPS) is 11.6. The van der Waals surface area contributed by atoms with E-state index in [0.29, 0.717) is 22.5 Å². The molecule has 0 amide bonds. The van der Waals surface area contributed by atoms with Crippen molar-refractivity contribution in [2.75, 3.05) is 0 Å². The van der Waals surface area contributed by atoms with Gasteiger partial charge in [0.05, 0.1) is 5.69 Å². The Kier molecular flexibility index (Phi) is 3.61. The second kappa shape index (κ2) is 5.94. The molecule has 25 heavy (non-hydrogen) atoms. The van der Waals surface area contributed by atoms with Crippen molar-refractivity contribution in [1.29, 1.82) is 0 Å². The van der Waals surface area contributed by atoms with Gasteiger partial charge < -0.3 is 0 Å². The lowest BCUT2D eigenvalue weighted by molar-refractivity contribution is 0.627. The van der Waals surface area contributed by atoms with Crippen molar-refractivity contribution in [3.05, 3.63) is 65.6 Å². The van der Waals surface area contributed by atoms with Gasteiger partial charge in [-0.2, -0.15) is 10.2 Å². The highest BCUT2D eigenvalue weighted by Crippen LogP contribution is 2.26. The zero-order valence-corrected chi connectivity index (χ0v) is 13.2. The average Bonchev–Trinajstić information content (AvgIpc) is 3.21. The third-order valence-electron chi connectivity index (χ3n) is 3.81. The summed E-state index contributed by atoms with van der Waals surface area (Å²) in [5.74, 6) is -0.297. The fraction of sp³-hybridized carbons (Fsp3) is 0.0556. The van der Waals surface area contributed by atoms with E-state index in [2.05, 4.69) is 20.3 Å². The number of halogens is 2. The molecular formula is C18H13F2N5. The van der Waals surface area contributed by atoms with E-state index in [4.69, 9.17) is 0 Å². The molecule has 4 rings (SSSR count). The number of rotatable bonds is 3. The Bertz CT molecular complexity index is 1080. The van der Waals surface area contributed by atoms with Gasteiger partial charge in [-0.05, 0) is 35.9 Å². The average molecular weight is 337 g/mol. The van der Waals surface area contributed by atoms with E-state index < -0.39 is 5.82 Å². The third-order valence-corrected chi connectivity index (χ3v) is 3.81. The van der Waals surface area contributed by atoms with E-state index >= 15 is 0 Å². The molecule has 0 unspecified atom stereocenters. The fourth-order valence-electron chi connectivity index (χ4n) is 2.58. The molecule has 5 nitrogen and oxygen atoms in total. The molecule has 0 saturated carbocycles. The van der Waals surface area contributed by atoms with Crippen LogP contribution in [-0.2, 0) is 7.05 Å². The first-order chi connectivity index (χ1) is 12.1. The highest BCUT2D eigenvalue weighted by Gasteiger charge is 2.13. The molecule has 2 aromatic heterocycles. The van der Waals surface area contributed by atoms with Crippen LogP contribution in [0.4, 0.5) is 8.78 Å². The molecule has 0 radical (unpaired) electrons. The molecule has 4 aromatic rings. The predicted molar refractivity (Wildman–Crippen MR) is 91.4 cm³/mol. The summed E-state index contributed by atoms with van der Waals surface area (Å²) in [5.41, 5.74) is 2.30. The van der Waals surface area contributed by atoms with Gasteiger partial charge in [0, 0.05) is 18.0 Å². The second-order valence-electron chi connectivity index (χ2n) is 5.62. The zero-order chi connectivity index (χ0) is 17.4. The van der Waals surface area contributed by atoms with Crippen LogP contribution < -0.4 is 0 Å². The first kappa shape index (κ1) is 15.2. The summed E-state index contributed by atoms with van der Waals surface area (Å²) in [6.07, 6.45) is 5.13. The van der Waals surface area contributed by atoms with Gasteiger partial charge in [-0.1, -0.05) is 18.2 Å². The van der Waals surface area contributed by atoms with Gasteiger partial charge in [0.2, 0.25) is 0 Å². The minimum Gasteiger partial charge on any atom is -0.277 e. The molecule has 1 N–H and O–H groups in total. The molecule has 0 saturated heterocycles. The number of aromatic amines is 1. The van der Waals surface area contributed by atoms with Crippen LogP contribution in [0.25, 0.3) is 34.4 Å². The molecule has 2 aromatic carbocycles. The van der Waals surface area contributed by atoms with Crippen LogP contribution in [0.3, 0.4) is 0 Å². The van der Waals surface area contributed by atoms with Crippen molar-refractivity contribution in [3.8, 4) is 11.4 Å². The molecule has 0 aliphatic heterocycles. The summed E-state index contributed by atoms with van der Waals surface area (Å²) in [4.78, 5) is 4.15. The molecule has 0 fully saturated rings. The number of fused-ring (bicyclic) bond motifs is 1. The largest absolute Gasteiger partial charge is 0.277 e. The maximum absolute atomic E-state index is 14.3. The van der Waals surface area contributed by atoms with Gasteiger partial charge >= 0.3 is 0 Å². The Morgan fingerprint density at radius 1 is 1.08 bits per heavy atom. The Hall–Kier alpha value is -3.35. The quantitative estimate of drug-likeness (QED) is 0.618. The summed E-state index contributed by atoms with van der Waals surface area (Å²) in [6.45, 7) is 0. The second-order valence-corrected chi connectivity index (χ2v) is 5.62. The van der Waals surface area contributed by atoms with Crippen molar-refractivity contribution in [3.63, 3.8) is 0 Å². The molecule has 0 atom stereocenters. The van der Waals surface area contributed by atoms with Crippen LogP contribution in [-0.4, -0.2) is 25.0 Å². The Morgan fingerprint density at radius 2 is 1.88 bits per heavy atom. The topological polar surface area (TPSA) is 59.4 Å². The van der Waals surface area contributed by atoms with Crippen LogP contribution in [0.15, 0.2) is 42.7 Å². The van der Waals surface area contributed by atoms with Gasteiger partial charge in [0.15, 0.2) is 11.6 Å². The van der Waals surface area contributed by atoms with E-state index in [1.165, 1.54) is 18.2 Å². The summed E-state index contributed by atoms with van der Waals surface area (Å²) in [6, 6.07) is 9.25. The molecule has 0 bridgehead atoms. The molecular weight excluding hydrogens is 324 g/mol. The number of aromatic nitrogens is 5. The van der Waals surface area contributed by atoms with E-state index in [1.807, 2.05) is 0 Å². The highest BCUT2D eigenvalue weighted by atomic mass is 19.1. The first-order valence-electron chi connectivity index (χ1n) is 7.57. The van der Waals surface area contributed by atoms with E-state index in [9.17, 15) is 8.78 Å². The van der Waals surface area contributed by atoms with Crippen LogP contribution in [0.2, 0.25) is 0 Å². The molecule has 0 aliphatic rings. The Balaban J connectivity index is 1.77. The maximum atomic E-state index is 14.3. The van der Waals surface area contributed by atoms with E-state index in [1.54, 1.807) is 48.4 Å². The lowest BCUT2D eigenvalue weighted by Gasteiger charge is -1.99. The number of aryl methyl sites for hydroxylation is 1. The monoisotopic (exact) mass is 337 g/mol.